The molecule has 0 aromatic rings. The SMILES string of the molecule is CC/C=C\C/C=C\C/C=C\C/C=C\C/C=C\CCCCCC(=O)OC(CCCCCCCC)CCCCCCC(=O)O. The van der Waals surface area contributed by atoms with Crippen LogP contribution in [0.25, 0.3) is 0 Å². The van der Waals surface area contributed by atoms with Gasteiger partial charge in [0.1, 0.15) is 6.10 Å². The van der Waals surface area contributed by atoms with Gasteiger partial charge in [0.15, 0.2) is 0 Å². The quantitative estimate of drug-likeness (QED) is 0.0518. The highest BCUT2D eigenvalue weighted by Gasteiger charge is 2.14. The van der Waals surface area contributed by atoms with Crippen molar-refractivity contribution in [2.75, 3.05) is 0 Å². The molecule has 42 heavy (non-hydrogen) atoms. The van der Waals surface area contributed by atoms with Crippen molar-refractivity contribution in [3.8, 4) is 0 Å². The van der Waals surface area contributed by atoms with E-state index in [4.69, 9.17) is 9.84 Å². The van der Waals surface area contributed by atoms with Crippen LogP contribution in [0.3, 0.4) is 0 Å². The minimum Gasteiger partial charge on any atom is -0.481 e. The number of unbranched alkanes of at least 4 members (excludes halogenated alkanes) is 11. The highest BCUT2D eigenvalue weighted by molar-refractivity contribution is 5.69. The van der Waals surface area contributed by atoms with Gasteiger partial charge in [-0.1, -0.05) is 126 Å². The van der Waals surface area contributed by atoms with E-state index in [2.05, 4.69) is 74.6 Å². The van der Waals surface area contributed by atoms with E-state index in [0.717, 1.165) is 103 Å². The zero-order valence-electron chi connectivity index (χ0n) is 27.3. The summed E-state index contributed by atoms with van der Waals surface area (Å²) in [6.45, 7) is 4.39. The van der Waals surface area contributed by atoms with Crippen molar-refractivity contribution >= 4 is 11.9 Å². The fourth-order valence-electron chi connectivity index (χ4n) is 4.74. The Hall–Kier alpha value is -2.36. The van der Waals surface area contributed by atoms with Crippen LogP contribution in [-0.2, 0) is 14.3 Å². The highest BCUT2D eigenvalue weighted by Crippen LogP contribution is 2.18. The number of carboxylic acid groups (broad SMARTS) is 1. The lowest BCUT2D eigenvalue weighted by molar-refractivity contribution is -0.150. The van der Waals surface area contributed by atoms with Crippen molar-refractivity contribution in [2.45, 2.75) is 168 Å². The molecule has 0 aliphatic carbocycles. The zero-order chi connectivity index (χ0) is 30.8. The summed E-state index contributed by atoms with van der Waals surface area (Å²) in [5.41, 5.74) is 0. The van der Waals surface area contributed by atoms with Crippen LogP contribution in [0.2, 0.25) is 0 Å². The predicted molar refractivity (Wildman–Crippen MR) is 181 cm³/mol. The Morgan fingerprint density at radius 1 is 0.548 bits per heavy atom. The van der Waals surface area contributed by atoms with Gasteiger partial charge in [0.25, 0.3) is 0 Å². The summed E-state index contributed by atoms with van der Waals surface area (Å²) < 4.78 is 5.89. The van der Waals surface area contributed by atoms with Crippen LogP contribution in [0.1, 0.15) is 162 Å². The van der Waals surface area contributed by atoms with E-state index in [1.165, 1.54) is 32.1 Å². The summed E-state index contributed by atoms with van der Waals surface area (Å²) in [4.78, 5) is 23.2. The second-order valence-electron chi connectivity index (χ2n) is 11.3. The predicted octanol–water partition coefficient (Wildman–Crippen LogP) is 11.8. The monoisotopic (exact) mass is 584 g/mol. The van der Waals surface area contributed by atoms with Gasteiger partial charge in [0, 0.05) is 12.8 Å². The standard InChI is InChI=1S/C38H64O4/c1-3-5-7-9-11-12-13-14-15-16-17-18-19-20-21-22-23-25-31-35-38(41)42-36(32-28-24-10-8-6-4-2)33-29-26-27-30-34-37(39)40/h5,7,11-12,14-15,17-18,20-21,36H,3-4,6,8-10,13,16,19,22-35H2,1-2H3,(H,39,40)/b7-5-,12-11-,15-14-,18-17-,21-20-. The summed E-state index contributed by atoms with van der Waals surface area (Å²) >= 11 is 0. The van der Waals surface area contributed by atoms with Crippen LogP contribution in [0.15, 0.2) is 60.8 Å². The normalized spacial score (nSPS) is 13.0. The second kappa shape index (κ2) is 33.1. The molecule has 0 rings (SSSR count). The minimum atomic E-state index is -0.720. The summed E-state index contributed by atoms with van der Waals surface area (Å²) in [6, 6.07) is 0. The number of carbonyl (C=O) groups is 2. The average molecular weight is 585 g/mol. The Kier molecular flexibility index (Phi) is 31.3. The molecule has 0 heterocycles. The molecular weight excluding hydrogens is 520 g/mol. The first-order chi connectivity index (χ1) is 20.6. The molecule has 1 unspecified atom stereocenters. The number of carbonyl (C=O) groups excluding carboxylic acids is 1. The fraction of sp³-hybridized carbons (Fsp3) is 0.684. The Balaban J connectivity index is 3.98. The molecule has 0 aliphatic rings. The van der Waals surface area contributed by atoms with Gasteiger partial charge >= 0.3 is 11.9 Å². The average Bonchev–Trinajstić information content (AvgIpc) is 2.97. The largest absolute Gasteiger partial charge is 0.481 e. The molecule has 4 heteroatoms. The third-order valence-corrected chi connectivity index (χ3v) is 7.25. The van der Waals surface area contributed by atoms with Gasteiger partial charge in [-0.25, -0.2) is 0 Å². The van der Waals surface area contributed by atoms with Gasteiger partial charge in [-0.05, 0) is 83.5 Å². The third-order valence-electron chi connectivity index (χ3n) is 7.25. The van der Waals surface area contributed by atoms with Crippen LogP contribution < -0.4 is 0 Å². The molecule has 0 fully saturated rings. The van der Waals surface area contributed by atoms with Gasteiger partial charge in [-0.15, -0.1) is 0 Å². The summed E-state index contributed by atoms with van der Waals surface area (Å²) in [7, 11) is 0. The summed E-state index contributed by atoms with van der Waals surface area (Å²) in [5, 5.41) is 8.79. The number of hydrogen-bond donors (Lipinski definition) is 1. The van der Waals surface area contributed by atoms with Crippen molar-refractivity contribution in [3.05, 3.63) is 60.8 Å². The van der Waals surface area contributed by atoms with E-state index in [9.17, 15) is 9.59 Å². The molecule has 1 atom stereocenters. The molecule has 0 bridgehead atoms. The van der Waals surface area contributed by atoms with Gasteiger partial charge in [0.2, 0.25) is 0 Å². The van der Waals surface area contributed by atoms with E-state index < -0.39 is 5.97 Å². The molecule has 240 valence electrons. The number of rotatable bonds is 30. The fourth-order valence-corrected chi connectivity index (χ4v) is 4.74. The molecule has 0 saturated carbocycles. The molecular formula is C38H64O4. The van der Waals surface area contributed by atoms with Crippen LogP contribution in [0, 0.1) is 0 Å². The maximum absolute atomic E-state index is 12.5. The Morgan fingerprint density at radius 3 is 1.55 bits per heavy atom. The van der Waals surface area contributed by atoms with Crippen molar-refractivity contribution in [2.24, 2.45) is 0 Å². The Bertz CT molecular complexity index is 759. The van der Waals surface area contributed by atoms with E-state index in [0.29, 0.717) is 6.42 Å². The number of allylic oxidation sites excluding steroid dienone is 10. The first-order valence-corrected chi connectivity index (χ1v) is 17.3. The maximum Gasteiger partial charge on any atom is 0.306 e. The van der Waals surface area contributed by atoms with E-state index in [1.54, 1.807) is 0 Å². The highest BCUT2D eigenvalue weighted by atomic mass is 16.5. The van der Waals surface area contributed by atoms with Crippen molar-refractivity contribution in [1.82, 2.24) is 0 Å². The molecule has 0 spiro atoms. The third kappa shape index (κ3) is 32.2. The molecule has 0 aromatic carbocycles. The lowest BCUT2D eigenvalue weighted by Crippen LogP contribution is -2.18. The zero-order valence-corrected chi connectivity index (χ0v) is 27.3. The molecule has 0 aromatic heterocycles. The Labute approximate surface area is 259 Å². The Morgan fingerprint density at radius 2 is 1.00 bits per heavy atom. The molecule has 0 saturated heterocycles. The van der Waals surface area contributed by atoms with E-state index in [-0.39, 0.29) is 18.5 Å². The van der Waals surface area contributed by atoms with Gasteiger partial charge in [-0.2, -0.15) is 0 Å². The van der Waals surface area contributed by atoms with Crippen LogP contribution in [0.4, 0.5) is 0 Å². The lowest BCUT2D eigenvalue weighted by atomic mass is 10.0. The topological polar surface area (TPSA) is 63.6 Å². The van der Waals surface area contributed by atoms with Crippen LogP contribution in [0.5, 0.6) is 0 Å². The van der Waals surface area contributed by atoms with Gasteiger partial charge in [-0.3, -0.25) is 9.59 Å². The number of esters is 1. The molecule has 0 radical (unpaired) electrons. The van der Waals surface area contributed by atoms with Crippen LogP contribution in [-0.4, -0.2) is 23.1 Å². The maximum atomic E-state index is 12.5. The smallest absolute Gasteiger partial charge is 0.306 e. The van der Waals surface area contributed by atoms with E-state index in [1.807, 2.05) is 0 Å². The van der Waals surface area contributed by atoms with Gasteiger partial charge in [0.05, 0.1) is 0 Å². The molecule has 4 nitrogen and oxygen atoms in total. The summed E-state index contributed by atoms with van der Waals surface area (Å²) in [6.07, 6.45) is 45.2. The lowest BCUT2D eigenvalue weighted by Gasteiger charge is -2.18. The molecule has 0 amide bonds. The van der Waals surface area contributed by atoms with Crippen molar-refractivity contribution in [1.29, 1.82) is 0 Å². The summed E-state index contributed by atoms with van der Waals surface area (Å²) in [5.74, 6) is -0.769. The number of aliphatic carboxylic acids is 1. The number of ether oxygens (including phenoxy) is 1. The first-order valence-electron chi connectivity index (χ1n) is 17.3. The van der Waals surface area contributed by atoms with Gasteiger partial charge < -0.3 is 9.84 Å². The molecule has 1 N–H and O–H groups in total. The molecule has 0 aliphatic heterocycles. The van der Waals surface area contributed by atoms with Crippen molar-refractivity contribution in [3.63, 3.8) is 0 Å². The number of carboxylic acids is 1. The minimum absolute atomic E-state index is 0.0180. The van der Waals surface area contributed by atoms with Crippen molar-refractivity contribution < 1.29 is 19.4 Å². The first kappa shape index (κ1) is 39.6. The van der Waals surface area contributed by atoms with E-state index >= 15 is 0 Å². The van der Waals surface area contributed by atoms with Crippen LogP contribution >= 0.6 is 0 Å². The number of hydrogen-bond acceptors (Lipinski definition) is 3. The second-order valence-corrected chi connectivity index (χ2v) is 11.3.